The van der Waals surface area contributed by atoms with Gasteiger partial charge in [-0.3, -0.25) is 9.59 Å². The number of amides is 2. The van der Waals surface area contributed by atoms with Gasteiger partial charge in [0, 0.05) is 19.1 Å². The molecule has 3 heterocycles. The van der Waals surface area contributed by atoms with Crippen LogP contribution in [0.25, 0.3) is 0 Å². The number of piperidine rings is 1. The lowest BCUT2D eigenvalue weighted by Gasteiger charge is -2.32. The molecule has 2 unspecified atom stereocenters. The van der Waals surface area contributed by atoms with E-state index in [0.717, 1.165) is 32.2 Å². The fraction of sp³-hybridized carbons (Fsp3) is 0.625. The highest BCUT2D eigenvalue weighted by atomic mass is 16.3. The first-order valence-corrected chi connectivity index (χ1v) is 7.89. The van der Waals surface area contributed by atoms with Crippen molar-refractivity contribution in [2.75, 3.05) is 13.1 Å². The Bertz CT molecular complexity index is 554. The normalized spacial score (nSPS) is 31.1. The molecule has 0 spiro atoms. The molecule has 5 nitrogen and oxygen atoms in total. The van der Waals surface area contributed by atoms with Crippen molar-refractivity contribution in [2.24, 2.45) is 5.92 Å². The zero-order chi connectivity index (χ0) is 14.4. The Morgan fingerprint density at radius 3 is 2.76 bits per heavy atom. The second-order valence-electron chi connectivity index (χ2n) is 6.46. The maximum Gasteiger partial charge on any atom is 0.290 e. The van der Waals surface area contributed by atoms with E-state index in [4.69, 9.17) is 4.42 Å². The van der Waals surface area contributed by atoms with Crippen LogP contribution < -0.4 is 0 Å². The fourth-order valence-electron chi connectivity index (χ4n) is 4.19. The SMILES string of the molecule is O=C([C@@H]1CCCN1C(=O)c1ccco1)N1CC2CCC1C2. The average molecular weight is 288 g/mol. The van der Waals surface area contributed by atoms with Gasteiger partial charge in [0.2, 0.25) is 5.91 Å². The Hall–Kier alpha value is -1.78. The molecule has 2 bridgehead atoms. The minimum atomic E-state index is -0.290. The zero-order valence-electron chi connectivity index (χ0n) is 12.0. The molecule has 3 aliphatic rings. The summed E-state index contributed by atoms with van der Waals surface area (Å²) in [6.07, 6.45) is 6.72. The standard InChI is InChI=1S/C16H20N2O3/c19-15(18-10-11-5-6-12(18)9-11)13-3-1-7-17(13)16(20)14-4-2-8-21-14/h2,4,8,11-13H,1,3,5-7,9-10H2/t11?,12?,13-/m0/s1. The summed E-state index contributed by atoms with van der Waals surface area (Å²) in [6.45, 7) is 1.54. The van der Waals surface area contributed by atoms with Crippen molar-refractivity contribution in [1.29, 1.82) is 0 Å². The molecule has 0 radical (unpaired) electrons. The molecule has 0 aromatic carbocycles. The highest BCUT2D eigenvalue weighted by Crippen LogP contribution is 2.38. The summed E-state index contributed by atoms with van der Waals surface area (Å²) < 4.78 is 5.19. The van der Waals surface area contributed by atoms with E-state index in [9.17, 15) is 9.59 Å². The largest absolute Gasteiger partial charge is 0.459 e. The minimum absolute atomic E-state index is 0.152. The summed E-state index contributed by atoms with van der Waals surface area (Å²) in [7, 11) is 0. The molecule has 1 aromatic rings. The highest BCUT2D eigenvalue weighted by molar-refractivity contribution is 5.96. The molecule has 0 N–H and O–H groups in total. The van der Waals surface area contributed by atoms with Gasteiger partial charge in [-0.05, 0) is 50.2 Å². The number of nitrogens with zero attached hydrogens (tertiary/aromatic N) is 2. The number of likely N-dealkylation sites (tertiary alicyclic amines) is 2. The predicted molar refractivity (Wildman–Crippen MR) is 75.6 cm³/mol. The molecule has 1 aromatic heterocycles. The second-order valence-corrected chi connectivity index (χ2v) is 6.46. The lowest BCUT2D eigenvalue weighted by molar-refractivity contribution is -0.137. The van der Waals surface area contributed by atoms with Crippen molar-refractivity contribution < 1.29 is 14.0 Å². The third-order valence-electron chi connectivity index (χ3n) is 5.22. The first kappa shape index (κ1) is 12.9. The van der Waals surface area contributed by atoms with Gasteiger partial charge in [0.1, 0.15) is 6.04 Å². The quantitative estimate of drug-likeness (QED) is 0.835. The van der Waals surface area contributed by atoms with Gasteiger partial charge in [0.25, 0.3) is 5.91 Å². The topological polar surface area (TPSA) is 53.8 Å². The minimum Gasteiger partial charge on any atom is -0.459 e. The molecule has 2 saturated heterocycles. The second kappa shape index (κ2) is 4.90. The van der Waals surface area contributed by atoms with Gasteiger partial charge < -0.3 is 14.2 Å². The molecular formula is C16H20N2O3. The van der Waals surface area contributed by atoms with Crippen molar-refractivity contribution in [1.82, 2.24) is 9.80 Å². The number of hydrogen-bond donors (Lipinski definition) is 0. The van der Waals surface area contributed by atoms with Crippen LogP contribution in [0.4, 0.5) is 0 Å². The summed E-state index contributed by atoms with van der Waals surface area (Å²) in [5, 5.41) is 0. The van der Waals surface area contributed by atoms with Crippen LogP contribution in [0.3, 0.4) is 0 Å². The molecule has 4 rings (SSSR count). The van der Waals surface area contributed by atoms with Crippen molar-refractivity contribution in [3.63, 3.8) is 0 Å². The summed E-state index contributed by atoms with van der Waals surface area (Å²) in [5.74, 6) is 1.02. The average Bonchev–Trinajstić information content (AvgIpc) is 3.29. The molecule has 2 aliphatic heterocycles. The number of carbonyl (C=O) groups is 2. The smallest absolute Gasteiger partial charge is 0.290 e. The van der Waals surface area contributed by atoms with E-state index in [1.54, 1.807) is 17.0 Å². The van der Waals surface area contributed by atoms with Gasteiger partial charge in [0.05, 0.1) is 6.26 Å². The third kappa shape index (κ3) is 2.06. The van der Waals surface area contributed by atoms with Crippen molar-refractivity contribution in [2.45, 2.75) is 44.2 Å². The molecule has 2 amide bonds. The summed E-state index contributed by atoms with van der Waals surface area (Å²) >= 11 is 0. The summed E-state index contributed by atoms with van der Waals surface area (Å²) in [4.78, 5) is 29.0. The molecule has 112 valence electrons. The van der Waals surface area contributed by atoms with Crippen LogP contribution in [0.5, 0.6) is 0 Å². The monoisotopic (exact) mass is 288 g/mol. The van der Waals surface area contributed by atoms with Crippen molar-refractivity contribution in [3.05, 3.63) is 24.2 Å². The van der Waals surface area contributed by atoms with Crippen LogP contribution in [0.2, 0.25) is 0 Å². The first-order chi connectivity index (χ1) is 10.2. The van der Waals surface area contributed by atoms with Gasteiger partial charge in [-0.2, -0.15) is 0 Å². The van der Waals surface area contributed by atoms with Crippen LogP contribution in [0.15, 0.2) is 22.8 Å². The third-order valence-corrected chi connectivity index (χ3v) is 5.22. The zero-order valence-corrected chi connectivity index (χ0v) is 12.0. The molecule has 5 heteroatoms. The fourth-order valence-corrected chi connectivity index (χ4v) is 4.19. The van der Waals surface area contributed by atoms with E-state index in [1.165, 1.54) is 12.7 Å². The maximum atomic E-state index is 12.8. The van der Waals surface area contributed by atoms with Gasteiger partial charge in [-0.1, -0.05) is 0 Å². The van der Waals surface area contributed by atoms with E-state index in [2.05, 4.69) is 0 Å². The van der Waals surface area contributed by atoms with Crippen LogP contribution in [0.1, 0.15) is 42.7 Å². The molecule has 21 heavy (non-hydrogen) atoms. The van der Waals surface area contributed by atoms with Crippen LogP contribution in [-0.4, -0.2) is 46.8 Å². The van der Waals surface area contributed by atoms with E-state index >= 15 is 0 Å². The molecule has 1 aliphatic carbocycles. The highest BCUT2D eigenvalue weighted by Gasteiger charge is 2.45. The van der Waals surface area contributed by atoms with Crippen molar-refractivity contribution >= 4 is 11.8 Å². The summed E-state index contributed by atoms with van der Waals surface area (Å²) in [5.41, 5.74) is 0. The Balaban J connectivity index is 1.51. The molecule has 1 saturated carbocycles. The van der Waals surface area contributed by atoms with Crippen molar-refractivity contribution in [3.8, 4) is 0 Å². The van der Waals surface area contributed by atoms with Gasteiger partial charge >= 0.3 is 0 Å². The van der Waals surface area contributed by atoms with E-state index in [0.29, 0.717) is 24.3 Å². The Labute approximate surface area is 123 Å². The molecular weight excluding hydrogens is 268 g/mol. The Morgan fingerprint density at radius 1 is 1.19 bits per heavy atom. The predicted octanol–water partition coefficient (Wildman–Crippen LogP) is 1.90. The van der Waals surface area contributed by atoms with Crippen LogP contribution in [-0.2, 0) is 4.79 Å². The van der Waals surface area contributed by atoms with Gasteiger partial charge in [0.15, 0.2) is 5.76 Å². The molecule has 3 atom stereocenters. The van der Waals surface area contributed by atoms with E-state index in [-0.39, 0.29) is 17.9 Å². The summed E-state index contributed by atoms with van der Waals surface area (Å²) in [6, 6.07) is 3.50. The number of furan rings is 1. The Morgan fingerprint density at radius 2 is 2.10 bits per heavy atom. The number of fused-ring (bicyclic) bond motifs is 2. The maximum absolute atomic E-state index is 12.8. The number of hydrogen-bond acceptors (Lipinski definition) is 3. The lowest BCUT2D eigenvalue weighted by Crippen LogP contribution is -2.50. The number of carbonyl (C=O) groups excluding carboxylic acids is 2. The Kier molecular flexibility index (Phi) is 3.01. The van der Waals surface area contributed by atoms with Gasteiger partial charge in [-0.25, -0.2) is 0 Å². The number of rotatable bonds is 2. The van der Waals surface area contributed by atoms with E-state index < -0.39 is 0 Å². The van der Waals surface area contributed by atoms with Gasteiger partial charge in [-0.15, -0.1) is 0 Å². The van der Waals surface area contributed by atoms with Crippen LogP contribution in [0, 0.1) is 5.92 Å². The van der Waals surface area contributed by atoms with Crippen LogP contribution >= 0.6 is 0 Å². The van der Waals surface area contributed by atoms with E-state index in [1.807, 2.05) is 4.90 Å². The molecule has 3 fully saturated rings. The lowest BCUT2D eigenvalue weighted by atomic mass is 10.1. The first-order valence-electron chi connectivity index (χ1n) is 7.89.